The molecule has 3 nitrogen and oxygen atoms in total. The van der Waals surface area contributed by atoms with Crippen molar-refractivity contribution in [1.29, 1.82) is 5.41 Å². The minimum absolute atomic E-state index is 0.0208. The molecule has 14 heavy (non-hydrogen) atoms. The molecule has 0 fully saturated rings. The highest BCUT2D eigenvalue weighted by atomic mass is 35.5. The van der Waals surface area contributed by atoms with Gasteiger partial charge in [0.25, 0.3) is 0 Å². The third-order valence-electron chi connectivity index (χ3n) is 1.87. The summed E-state index contributed by atoms with van der Waals surface area (Å²) in [7, 11) is 0. The van der Waals surface area contributed by atoms with Gasteiger partial charge in [0.2, 0.25) is 0 Å². The lowest BCUT2D eigenvalue weighted by atomic mass is 10.1. The number of nitrogens with two attached hydrogens (primary N) is 1. The number of hydrogen-bond acceptors (Lipinski definition) is 2. The first kappa shape index (κ1) is 10.9. The summed E-state index contributed by atoms with van der Waals surface area (Å²) >= 11 is 5.95. The highest BCUT2D eigenvalue weighted by Crippen LogP contribution is 2.27. The van der Waals surface area contributed by atoms with Crippen LogP contribution in [0.3, 0.4) is 0 Å². The van der Waals surface area contributed by atoms with Crippen molar-refractivity contribution in [2.45, 2.75) is 13.8 Å². The van der Waals surface area contributed by atoms with Gasteiger partial charge in [-0.05, 0) is 31.5 Å². The molecule has 0 bridgehead atoms. The molecule has 3 N–H and O–H groups in total. The molecule has 0 amide bonds. The minimum Gasteiger partial charge on any atom is -0.492 e. The van der Waals surface area contributed by atoms with E-state index in [0.29, 0.717) is 22.9 Å². The molecule has 0 spiro atoms. The van der Waals surface area contributed by atoms with E-state index in [9.17, 15) is 0 Å². The monoisotopic (exact) mass is 212 g/mol. The first-order chi connectivity index (χ1) is 6.56. The summed E-state index contributed by atoms with van der Waals surface area (Å²) in [5, 5.41) is 7.81. The van der Waals surface area contributed by atoms with Crippen LogP contribution in [0.25, 0.3) is 0 Å². The van der Waals surface area contributed by atoms with E-state index < -0.39 is 0 Å². The Hall–Kier alpha value is -1.22. The molecule has 76 valence electrons. The second-order valence-corrected chi connectivity index (χ2v) is 3.35. The van der Waals surface area contributed by atoms with Crippen LogP contribution in [0.15, 0.2) is 12.1 Å². The third-order valence-corrected chi connectivity index (χ3v) is 2.16. The van der Waals surface area contributed by atoms with E-state index in [2.05, 4.69) is 0 Å². The summed E-state index contributed by atoms with van der Waals surface area (Å²) in [6.45, 7) is 4.33. The minimum atomic E-state index is 0.0208. The van der Waals surface area contributed by atoms with Gasteiger partial charge in [0.15, 0.2) is 0 Å². The lowest BCUT2D eigenvalue weighted by Gasteiger charge is -2.10. The Balaban J connectivity index is 3.17. The molecule has 1 rings (SSSR count). The Labute approximate surface area is 88.3 Å². The van der Waals surface area contributed by atoms with Crippen molar-refractivity contribution in [2.75, 3.05) is 6.61 Å². The van der Waals surface area contributed by atoms with Crippen LogP contribution in [0, 0.1) is 12.3 Å². The smallest absolute Gasteiger partial charge is 0.138 e. The van der Waals surface area contributed by atoms with Crippen molar-refractivity contribution in [2.24, 2.45) is 5.73 Å². The second kappa shape index (κ2) is 4.33. The summed E-state index contributed by atoms with van der Waals surface area (Å²) in [5.74, 6) is 0.657. The number of nitrogens with one attached hydrogen (secondary N) is 1. The quantitative estimate of drug-likeness (QED) is 0.597. The molecule has 0 aromatic heterocycles. The summed E-state index contributed by atoms with van der Waals surface area (Å²) < 4.78 is 5.31. The number of benzene rings is 1. The van der Waals surface area contributed by atoms with Crippen molar-refractivity contribution in [1.82, 2.24) is 0 Å². The maximum Gasteiger partial charge on any atom is 0.138 e. The third kappa shape index (κ3) is 2.17. The van der Waals surface area contributed by atoms with Crippen molar-refractivity contribution in [3.63, 3.8) is 0 Å². The lowest BCUT2D eigenvalue weighted by molar-refractivity contribution is 0.340. The predicted octanol–water partition coefficient (Wildman–Crippen LogP) is 2.33. The molecule has 0 heterocycles. The number of halogens is 1. The van der Waals surface area contributed by atoms with Crippen LogP contribution in [0.5, 0.6) is 5.75 Å². The van der Waals surface area contributed by atoms with Crippen molar-refractivity contribution < 1.29 is 4.74 Å². The van der Waals surface area contributed by atoms with Crippen molar-refractivity contribution in [3.8, 4) is 5.75 Å². The van der Waals surface area contributed by atoms with Gasteiger partial charge in [-0.15, -0.1) is 0 Å². The van der Waals surface area contributed by atoms with Gasteiger partial charge in [0.05, 0.1) is 11.6 Å². The first-order valence-corrected chi connectivity index (χ1v) is 4.71. The molecule has 0 unspecified atom stereocenters. The van der Waals surface area contributed by atoms with Crippen LogP contribution in [-0.4, -0.2) is 12.4 Å². The Morgan fingerprint density at radius 3 is 2.71 bits per heavy atom. The van der Waals surface area contributed by atoms with E-state index in [4.69, 9.17) is 27.5 Å². The average molecular weight is 213 g/mol. The largest absolute Gasteiger partial charge is 0.492 e. The molecular weight excluding hydrogens is 200 g/mol. The fraction of sp³-hybridized carbons (Fsp3) is 0.300. The average Bonchev–Trinajstić information content (AvgIpc) is 2.10. The highest BCUT2D eigenvalue weighted by molar-refractivity contribution is 6.32. The van der Waals surface area contributed by atoms with Crippen molar-refractivity contribution >= 4 is 17.4 Å². The number of nitrogen functional groups attached to an aromatic ring is 1. The Bertz CT molecular complexity index is 363. The number of aryl methyl sites for hydroxylation is 1. The standard InChI is InChI=1S/C10H13ClN2O/c1-3-14-9-4-6(2)7(10(12)13)5-8(9)11/h4-5H,3H2,1-2H3,(H3,12,13). The summed E-state index contributed by atoms with van der Waals surface area (Å²) in [6.07, 6.45) is 0. The summed E-state index contributed by atoms with van der Waals surface area (Å²) in [4.78, 5) is 0. The maximum absolute atomic E-state index is 7.32. The van der Waals surface area contributed by atoms with Gasteiger partial charge in [-0.1, -0.05) is 11.6 Å². The number of hydrogen-bond donors (Lipinski definition) is 2. The fourth-order valence-electron chi connectivity index (χ4n) is 1.21. The molecule has 1 aromatic rings. The van der Waals surface area contributed by atoms with Crippen LogP contribution >= 0.6 is 11.6 Å². The van der Waals surface area contributed by atoms with Crippen molar-refractivity contribution in [3.05, 3.63) is 28.3 Å². The topological polar surface area (TPSA) is 59.1 Å². The van der Waals surface area contributed by atoms with Crippen LogP contribution in [-0.2, 0) is 0 Å². The molecule has 0 atom stereocenters. The van der Waals surface area contributed by atoms with Crippen LogP contribution in [0.1, 0.15) is 18.1 Å². The number of ether oxygens (including phenoxy) is 1. The van der Waals surface area contributed by atoms with Gasteiger partial charge in [-0.3, -0.25) is 5.41 Å². The predicted molar refractivity (Wildman–Crippen MR) is 58.4 cm³/mol. The molecule has 4 heteroatoms. The molecule has 0 aliphatic carbocycles. The Morgan fingerprint density at radius 1 is 1.57 bits per heavy atom. The zero-order chi connectivity index (χ0) is 10.7. The van der Waals surface area contributed by atoms with Crippen LogP contribution < -0.4 is 10.5 Å². The van der Waals surface area contributed by atoms with Gasteiger partial charge in [0.1, 0.15) is 11.6 Å². The van der Waals surface area contributed by atoms with Gasteiger partial charge >= 0.3 is 0 Å². The lowest BCUT2D eigenvalue weighted by Crippen LogP contribution is -2.13. The molecule has 0 saturated heterocycles. The highest BCUT2D eigenvalue weighted by Gasteiger charge is 2.08. The summed E-state index contributed by atoms with van der Waals surface area (Å²) in [5.41, 5.74) is 6.94. The van der Waals surface area contributed by atoms with Gasteiger partial charge in [-0.25, -0.2) is 0 Å². The van der Waals surface area contributed by atoms with Crippen LogP contribution in [0.2, 0.25) is 5.02 Å². The van der Waals surface area contributed by atoms with Crippen LogP contribution in [0.4, 0.5) is 0 Å². The fourth-order valence-corrected chi connectivity index (χ4v) is 1.43. The molecular formula is C10H13ClN2O. The first-order valence-electron chi connectivity index (χ1n) is 4.33. The van der Waals surface area contributed by atoms with Gasteiger partial charge in [-0.2, -0.15) is 0 Å². The van der Waals surface area contributed by atoms with Gasteiger partial charge in [0, 0.05) is 5.56 Å². The number of amidine groups is 1. The van der Waals surface area contributed by atoms with E-state index in [1.54, 1.807) is 12.1 Å². The Kier molecular flexibility index (Phi) is 3.36. The second-order valence-electron chi connectivity index (χ2n) is 2.94. The van der Waals surface area contributed by atoms with Gasteiger partial charge < -0.3 is 10.5 Å². The molecule has 0 radical (unpaired) electrons. The molecule has 0 saturated carbocycles. The van der Waals surface area contributed by atoms with E-state index >= 15 is 0 Å². The zero-order valence-electron chi connectivity index (χ0n) is 8.23. The molecule has 1 aromatic carbocycles. The maximum atomic E-state index is 7.32. The molecule has 0 aliphatic rings. The SMILES string of the molecule is CCOc1cc(C)c(C(=N)N)cc1Cl. The summed E-state index contributed by atoms with van der Waals surface area (Å²) in [6, 6.07) is 3.45. The van der Waals surface area contributed by atoms with E-state index in [1.165, 1.54) is 0 Å². The van der Waals surface area contributed by atoms with E-state index in [0.717, 1.165) is 5.56 Å². The van der Waals surface area contributed by atoms with E-state index in [-0.39, 0.29) is 5.84 Å². The number of rotatable bonds is 3. The zero-order valence-corrected chi connectivity index (χ0v) is 8.98. The van der Waals surface area contributed by atoms with E-state index in [1.807, 2.05) is 13.8 Å². The molecule has 0 aliphatic heterocycles. The Morgan fingerprint density at radius 2 is 2.21 bits per heavy atom. The normalized spacial score (nSPS) is 9.93.